The minimum absolute atomic E-state index is 0.0580. The van der Waals surface area contributed by atoms with Gasteiger partial charge in [-0.15, -0.1) is 0 Å². The minimum Gasteiger partial charge on any atom is -0.485 e. The number of benzene rings is 2. The van der Waals surface area contributed by atoms with Gasteiger partial charge in [0, 0.05) is 32.2 Å². The third kappa shape index (κ3) is 4.27. The van der Waals surface area contributed by atoms with Gasteiger partial charge < -0.3 is 19.4 Å². The zero-order chi connectivity index (χ0) is 21.1. The van der Waals surface area contributed by atoms with Crippen molar-refractivity contribution in [2.75, 3.05) is 43.0 Å². The molecule has 0 unspecified atom stereocenters. The number of nitrogens with zero attached hydrogens (tertiary/aromatic N) is 3. The van der Waals surface area contributed by atoms with E-state index in [2.05, 4.69) is 17.9 Å². The van der Waals surface area contributed by atoms with Gasteiger partial charge in [0.15, 0.2) is 0 Å². The van der Waals surface area contributed by atoms with Gasteiger partial charge in [-0.25, -0.2) is 0 Å². The van der Waals surface area contributed by atoms with Gasteiger partial charge in [0.1, 0.15) is 11.9 Å². The van der Waals surface area contributed by atoms with Crippen LogP contribution < -0.4 is 14.5 Å². The Morgan fingerprint density at radius 3 is 2.63 bits per heavy atom. The van der Waals surface area contributed by atoms with Crippen LogP contribution in [0, 0.1) is 0 Å². The molecule has 0 saturated carbocycles. The van der Waals surface area contributed by atoms with Gasteiger partial charge in [0.2, 0.25) is 11.8 Å². The van der Waals surface area contributed by atoms with Crippen molar-refractivity contribution >= 4 is 23.2 Å². The van der Waals surface area contributed by atoms with E-state index in [1.165, 1.54) is 0 Å². The quantitative estimate of drug-likeness (QED) is 0.738. The Balaban J connectivity index is 1.34. The van der Waals surface area contributed by atoms with Gasteiger partial charge in [-0.05, 0) is 43.2 Å². The van der Waals surface area contributed by atoms with Crippen molar-refractivity contribution < 1.29 is 14.3 Å². The second kappa shape index (κ2) is 8.78. The molecular formula is C24H29N3O3. The van der Waals surface area contributed by atoms with Gasteiger partial charge in [0.25, 0.3) is 0 Å². The molecule has 1 atom stereocenters. The summed E-state index contributed by atoms with van der Waals surface area (Å²) in [5, 5.41) is 0. The lowest BCUT2D eigenvalue weighted by Gasteiger charge is -2.37. The molecule has 4 rings (SSSR count). The molecule has 2 aliphatic rings. The van der Waals surface area contributed by atoms with Crippen molar-refractivity contribution in [3.63, 3.8) is 0 Å². The Labute approximate surface area is 178 Å². The lowest BCUT2D eigenvalue weighted by atomic mass is 10.1. The normalized spacial score (nSPS) is 18.2. The van der Waals surface area contributed by atoms with E-state index < -0.39 is 0 Å². The number of likely N-dealkylation sites (N-methyl/N-ethyl adjacent to an activating group) is 2. The van der Waals surface area contributed by atoms with Gasteiger partial charge in [-0.2, -0.15) is 0 Å². The first kappa shape index (κ1) is 20.3. The molecule has 2 amide bonds. The monoisotopic (exact) mass is 407 g/mol. The molecule has 0 radical (unpaired) electrons. The van der Waals surface area contributed by atoms with E-state index in [1.54, 1.807) is 4.90 Å². The lowest BCUT2D eigenvalue weighted by molar-refractivity contribution is -0.130. The van der Waals surface area contributed by atoms with Gasteiger partial charge in [-0.1, -0.05) is 24.3 Å². The second-order valence-corrected chi connectivity index (χ2v) is 8.01. The molecule has 6 nitrogen and oxygen atoms in total. The highest BCUT2D eigenvalue weighted by Gasteiger charge is 2.27. The number of rotatable bonds is 6. The molecule has 2 aromatic rings. The Morgan fingerprint density at radius 1 is 1.17 bits per heavy atom. The molecule has 6 heteroatoms. The highest BCUT2D eigenvalue weighted by Crippen LogP contribution is 2.33. The van der Waals surface area contributed by atoms with Crippen molar-refractivity contribution in [2.45, 2.75) is 32.3 Å². The summed E-state index contributed by atoms with van der Waals surface area (Å²) in [4.78, 5) is 30.5. The molecule has 2 aliphatic heterocycles. The van der Waals surface area contributed by atoms with Crippen LogP contribution in [0.5, 0.6) is 5.75 Å². The van der Waals surface area contributed by atoms with Crippen LogP contribution in [0.2, 0.25) is 0 Å². The van der Waals surface area contributed by atoms with Crippen LogP contribution in [0.25, 0.3) is 0 Å². The standard InChI is InChI=1S/C24H29N3O3/c1-3-26-17-20(30-22-8-5-4-7-21(22)26)16-25(2)24(29)15-18-10-12-19(13-11-18)27-14-6-9-23(27)28/h4-5,7-8,10-13,20H,3,6,9,14-17H2,1-2H3/t20-/m0/s1. The first-order valence-corrected chi connectivity index (χ1v) is 10.7. The maximum absolute atomic E-state index is 12.8. The van der Waals surface area contributed by atoms with Crippen molar-refractivity contribution in [3.8, 4) is 5.75 Å². The fourth-order valence-corrected chi connectivity index (χ4v) is 4.21. The average molecular weight is 408 g/mol. The SMILES string of the molecule is CCN1C[C@H](CN(C)C(=O)Cc2ccc(N3CCCC3=O)cc2)Oc2ccccc21. The molecule has 0 aromatic heterocycles. The first-order chi connectivity index (χ1) is 14.5. The number of para-hydroxylation sites is 2. The number of fused-ring (bicyclic) bond motifs is 1. The van der Waals surface area contributed by atoms with E-state index in [-0.39, 0.29) is 17.9 Å². The van der Waals surface area contributed by atoms with Crippen molar-refractivity contribution in [3.05, 3.63) is 54.1 Å². The van der Waals surface area contributed by atoms with Crippen molar-refractivity contribution in [1.82, 2.24) is 4.90 Å². The number of amides is 2. The average Bonchev–Trinajstić information content (AvgIpc) is 3.19. The second-order valence-electron chi connectivity index (χ2n) is 8.01. The summed E-state index contributed by atoms with van der Waals surface area (Å²) < 4.78 is 6.14. The third-order valence-electron chi connectivity index (χ3n) is 5.89. The van der Waals surface area contributed by atoms with E-state index in [0.29, 0.717) is 19.4 Å². The Kier molecular flexibility index (Phi) is 5.93. The lowest BCUT2D eigenvalue weighted by Crippen LogP contribution is -2.47. The predicted molar refractivity (Wildman–Crippen MR) is 118 cm³/mol. The molecule has 30 heavy (non-hydrogen) atoms. The van der Waals surface area contributed by atoms with Crippen molar-refractivity contribution in [1.29, 1.82) is 0 Å². The van der Waals surface area contributed by atoms with E-state index >= 15 is 0 Å². The molecule has 0 N–H and O–H groups in total. The topological polar surface area (TPSA) is 53.1 Å². The molecule has 2 heterocycles. The molecule has 0 bridgehead atoms. The smallest absolute Gasteiger partial charge is 0.227 e. The molecule has 158 valence electrons. The Morgan fingerprint density at radius 2 is 1.93 bits per heavy atom. The van der Waals surface area contributed by atoms with Crippen LogP contribution in [-0.4, -0.2) is 56.0 Å². The largest absolute Gasteiger partial charge is 0.485 e. The van der Waals surface area contributed by atoms with E-state index in [4.69, 9.17) is 4.74 Å². The van der Waals surface area contributed by atoms with E-state index in [1.807, 2.05) is 54.4 Å². The molecule has 1 saturated heterocycles. The summed E-state index contributed by atoms with van der Waals surface area (Å²) in [6.07, 6.45) is 1.81. The molecular weight excluding hydrogens is 378 g/mol. The fourth-order valence-electron chi connectivity index (χ4n) is 4.21. The number of anilines is 2. The molecule has 0 aliphatic carbocycles. The van der Waals surface area contributed by atoms with Crippen LogP contribution in [0.3, 0.4) is 0 Å². The van der Waals surface area contributed by atoms with Gasteiger partial charge in [0.05, 0.1) is 25.2 Å². The summed E-state index contributed by atoms with van der Waals surface area (Å²) in [5.74, 6) is 1.11. The van der Waals surface area contributed by atoms with Crippen LogP contribution in [0.1, 0.15) is 25.3 Å². The van der Waals surface area contributed by atoms with Gasteiger partial charge >= 0.3 is 0 Å². The van der Waals surface area contributed by atoms with Gasteiger partial charge in [-0.3, -0.25) is 9.59 Å². The highest BCUT2D eigenvalue weighted by molar-refractivity contribution is 5.95. The Hall–Kier alpha value is -3.02. The van der Waals surface area contributed by atoms with Crippen LogP contribution in [-0.2, 0) is 16.0 Å². The maximum atomic E-state index is 12.8. The van der Waals surface area contributed by atoms with Crippen LogP contribution in [0.4, 0.5) is 11.4 Å². The van der Waals surface area contributed by atoms with Crippen LogP contribution in [0.15, 0.2) is 48.5 Å². The number of carbonyl (C=O) groups is 2. The molecule has 2 aromatic carbocycles. The summed E-state index contributed by atoms with van der Waals surface area (Å²) in [6, 6.07) is 15.8. The predicted octanol–water partition coefficient (Wildman–Crippen LogP) is 3.10. The summed E-state index contributed by atoms with van der Waals surface area (Å²) >= 11 is 0. The maximum Gasteiger partial charge on any atom is 0.227 e. The van der Waals surface area contributed by atoms with Crippen LogP contribution >= 0.6 is 0 Å². The van der Waals surface area contributed by atoms with E-state index in [0.717, 1.165) is 48.7 Å². The number of hydrogen-bond donors (Lipinski definition) is 0. The Bertz CT molecular complexity index is 912. The number of hydrogen-bond acceptors (Lipinski definition) is 4. The fraction of sp³-hybridized carbons (Fsp3) is 0.417. The zero-order valence-corrected chi connectivity index (χ0v) is 17.7. The van der Waals surface area contributed by atoms with E-state index in [9.17, 15) is 9.59 Å². The zero-order valence-electron chi connectivity index (χ0n) is 17.7. The summed E-state index contributed by atoms with van der Waals surface area (Å²) in [7, 11) is 1.83. The minimum atomic E-state index is -0.0580. The number of carbonyl (C=O) groups excluding carboxylic acids is 2. The molecule has 1 fully saturated rings. The third-order valence-corrected chi connectivity index (χ3v) is 5.89. The first-order valence-electron chi connectivity index (χ1n) is 10.7. The number of ether oxygens (including phenoxy) is 1. The summed E-state index contributed by atoms with van der Waals surface area (Å²) in [5.41, 5.74) is 2.98. The van der Waals surface area contributed by atoms with Crippen molar-refractivity contribution in [2.24, 2.45) is 0 Å². The summed E-state index contributed by atoms with van der Waals surface area (Å²) in [6.45, 7) is 5.13. The molecule has 0 spiro atoms. The highest BCUT2D eigenvalue weighted by atomic mass is 16.5.